The van der Waals surface area contributed by atoms with E-state index in [1.807, 2.05) is 18.2 Å². The highest BCUT2D eigenvalue weighted by atomic mass is 16.6. The van der Waals surface area contributed by atoms with Crippen molar-refractivity contribution in [3.63, 3.8) is 0 Å². The van der Waals surface area contributed by atoms with Gasteiger partial charge in [0.1, 0.15) is 5.75 Å². The molecule has 10 nitrogen and oxygen atoms in total. The van der Waals surface area contributed by atoms with E-state index in [9.17, 15) is 19.7 Å². The number of nitro groups is 1. The number of para-hydroxylation sites is 1. The number of non-ortho nitro benzene ring substituents is 1. The van der Waals surface area contributed by atoms with Crippen molar-refractivity contribution in [3.05, 3.63) is 86.3 Å². The Kier molecular flexibility index (Phi) is 5.83. The van der Waals surface area contributed by atoms with Crippen LogP contribution in [0.5, 0.6) is 5.75 Å². The first-order valence-electron chi connectivity index (χ1n) is 8.52. The third-order valence-electron chi connectivity index (χ3n) is 3.91. The van der Waals surface area contributed by atoms with Gasteiger partial charge in [0.05, 0.1) is 28.5 Å². The Morgan fingerprint density at radius 3 is 2.76 bits per heavy atom. The minimum absolute atomic E-state index is 0.140. The first kappa shape index (κ1) is 19.5. The molecule has 0 fully saturated rings. The molecular weight excluding hydrogens is 378 g/mol. The van der Waals surface area contributed by atoms with Gasteiger partial charge in [-0.2, -0.15) is 5.10 Å². The van der Waals surface area contributed by atoms with Crippen molar-refractivity contribution >= 4 is 17.8 Å². The molecule has 2 aromatic carbocycles. The Labute approximate surface area is 164 Å². The Morgan fingerprint density at radius 2 is 2.03 bits per heavy atom. The number of nitro benzene ring substituents is 1. The first-order valence-corrected chi connectivity index (χ1v) is 8.52. The maximum Gasteiger partial charge on any atom is 0.280 e. The molecule has 0 aliphatic heterocycles. The minimum atomic E-state index is -0.579. The van der Waals surface area contributed by atoms with Crippen LogP contribution in [-0.4, -0.2) is 33.4 Å². The Hall–Kier alpha value is -4.21. The van der Waals surface area contributed by atoms with Crippen molar-refractivity contribution in [3.8, 4) is 11.4 Å². The molecule has 0 aliphatic rings. The lowest BCUT2D eigenvalue weighted by atomic mass is 10.3. The van der Waals surface area contributed by atoms with Gasteiger partial charge < -0.3 is 4.74 Å². The molecule has 0 bridgehead atoms. The summed E-state index contributed by atoms with van der Waals surface area (Å²) in [5, 5.41) is 17.5. The van der Waals surface area contributed by atoms with Gasteiger partial charge in [-0.3, -0.25) is 24.8 Å². The van der Waals surface area contributed by atoms with Crippen LogP contribution in [-0.2, 0) is 4.79 Å². The Bertz CT molecular complexity index is 1120. The van der Waals surface area contributed by atoms with Crippen LogP contribution in [0.15, 0.2) is 64.5 Å². The van der Waals surface area contributed by atoms with Gasteiger partial charge in [-0.15, -0.1) is 0 Å². The van der Waals surface area contributed by atoms with Crippen LogP contribution in [0.25, 0.3) is 5.69 Å². The number of hydrogen-bond acceptors (Lipinski definition) is 6. The van der Waals surface area contributed by atoms with Crippen LogP contribution in [0.2, 0.25) is 0 Å². The second-order valence-corrected chi connectivity index (χ2v) is 5.96. The summed E-state index contributed by atoms with van der Waals surface area (Å²) in [4.78, 5) is 34.5. The molecule has 0 radical (unpaired) electrons. The second-order valence-electron chi connectivity index (χ2n) is 5.96. The fourth-order valence-corrected chi connectivity index (χ4v) is 2.51. The topological polar surface area (TPSA) is 132 Å². The van der Waals surface area contributed by atoms with Crippen molar-refractivity contribution in [1.82, 2.24) is 15.2 Å². The van der Waals surface area contributed by atoms with E-state index in [2.05, 4.69) is 15.6 Å². The fourth-order valence-electron chi connectivity index (χ4n) is 2.51. The number of H-pyrrole nitrogens is 1. The number of nitrogens with zero attached hydrogens (tertiary/aromatic N) is 3. The van der Waals surface area contributed by atoms with E-state index >= 15 is 0 Å². The lowest BCUT2D eigenvalue weighted by molar-refractivity contribution is -0.384. The molecule has 10 heteroatoms. The van der Waals surface area contributed by atoms with Gasteiger partial charge >= 0.3 is 0 Å². The Balaban J connectivity index is 1.61. The van der Waals surface area contributed by atoms with E-state index in [1.54, 1.807) is 19.1 Å². The van der Waals surface area contributed by atoms with Crippen LogP contribution in [0.3, 0.4) is 0 Å². The molecule has 0 spiro atoms. The summed E-state index contributed by atoms with van der Waals surface area (Å²) in [6.45, 7) is 1.33. The summed E-state index contributed by atoms with van der Waals surface area (Å²) in [5.41, 5.74) is 3.37. The number of aryl methyl sites for hydroxylation is 1. The predicted octanol–water partition coefficient (Wildman–Crippen LogP) is 1.91. The number of aromatic nitrogens is 2. The van der Waals surface area contributed by atoms with E-state index in [4.69, 9.17) is 4.74 Å². The smallest absolute Gasteiger partial charge is 0.280 e. The first-order chi connectivity index (χ1) is 14.0. The number of nitrogens with one attached hydrogen (secondary N) is 2. The van der Waals surface area contributed by atoms with Crippen molar-refractivity contribution in [1.29, 1.82) is 0 Å². The number of aromatic amines is 1. The van der Waals surface area contributed by atoms with E-state index in [0.717, 1.165) is 0 Å². The number of carbonyl (C=O) groups is 1. The highest BCUT2D eigenvalue weighted by Gasteiger charge is 2.11. The highest BCUT2D eigenvalue weighted by Crippen LogP contribution is 2.18. The van der Waals surface area contributed by atoms with E-state index < -0.39 is 17.4 Å². The monoisotopic (exact) mass is 395 g/mol. The zero-order valence-electron chi connectivity index (χ0n) is 15.4. The number of hydrogen-bond donors (Lipinski definition) is 2. The molecule has 0 atom stereocenters. The molecule has 1 aromatic heterocycles. The number of hydrazone groups is 1. The molecule has 148 valence electrons. The molecule has 0 aliphatic carbocycles. The van der Waals surface area contributed by atoms with E-state index in [1.165, 1.54) is 35.2 Å². The van der Waals surface area contributed by atoms with Gasteiger partial charge in [-0.1, -0.05) is 24.3 Å². The molecule has 1 amide bonds. The van der Waals surface area contributed by atoms with Crippen LogP contribution in [0.1, 0.15) is 11.3 Å². The number of benzene rings is 2. The SMILES string of the molecule is Cc1[nH]n(-c2ccccc2)c(=O)c1C=NNC(=O)COc1cccc([N+](=O)[O-])c1. The predicted molar refractivity (Wildman–Crippen MR) is 105 cm³/mol. The average Bonchev–Trinajstić information content (AvgIpc) is 3.01. The summed E-state index contributed by atoms with van der Waals surface area (Å²) >= 11 is 0. The maximum atomic E-state index is 12.5. The number of ether oxygens (including phenoxy) is 1. The average molecular weight is 395 g/mol. The van der Waals surface area contributed by atoms with Gasteiger partial charge in [0.2, 0.25) is 0 Å². The molecule has 2 N–H and O–H groups in total. The molecule has 0 saturated carbocycles. The third-order valence-corrected chi connectivity index (χ3v) is 3.91. The molecular formula is C19H17N5O5. The van der Waals surface area contributed by atoms with Gasteiger partial charge in [0, 0.05) is 11.8 Å². The molecule has 0 unspecified atom stereocenters. The Morgan fingerprint density at radius 1 is 1.28 bits per heavy atom. The number of carbonyl (C=O) groups excluding carboxylic acids is 1. The largest absolute Gasteiger partial charge is 0.483 e. The van der Waals surface area contributed by atoms with Crippen LogP contribution < -0.4 is 15.7 Å². The number of amides is 1. The van der Waals surface area contributed by atoms with Gasteiger partial charge in [-0.25, -0.2) is 10.1 Å². The molecule has 29 heavy (non-hydrogen) atoms. The molecule has 3 rings (SSSR count). The lowest BCUT2D eigenvalue weighted by Gasteiger charge is -2.04. The third kappa shape index (κ3) is 4.75. The quantitative estimate of drug-likeness (QED) is 0.358. The summed E-state index contributed by atoms with van der Waals surface area (Å²) in [6, 6.07) is 14.5. The normalized spacial score (nSPS) is 10.8. The molecule has 3 aromatic rings. The summed E-state index contributed by atoms with van der Waals surface area (Å²) in [7, 11) is 0. The molecule has 0 saturated heterocycles. The second kappa shape index (κ2) is 8.65. The van der Waals surface area contributed by atoms with Crippen molar-refractivity contribution in [2.45, 2.75) is 6.92 Å². The number of rotatable bonds is 7. The van der Waals surface area contributed by atoms with Crippen LogP contribution in [0, 0.1) is 17.0 Å². The lowest BCUT2D eigenvalue weighted by Crippen LogP contribution is -2.25. The summed E-state index contributed by atoms with van der Waals surface area (Å²) < 4.78 is 6.59. The minimum Gasteiger partial charge on any atom is -0.483 e. The van der Waals surface area contributed by atoms with Crippen LogP contribution >= 0.6 is 0 Å². The maximum absolute atomic E-state index is 12.5. The molecule has 1 heterocycles. The summed E-state index contributed by atoms with van der Waals surface area (Å²) in [6.07, 6.45) is 1.25. The zero-order chi connectivity index (χ0) is 20.8. The standard InChI is InChI=1S/C19H17N5O5/c1-13-17(19(26)23(22-13)14-6-3-2-4-7-14)11-20-21-18(25)12-29-16-9-5-8-15(10-16)24(27)28/h2-11,22H,12H2,1H3,(H,21,25). The van der Waals surface area contributed by atoms with Crippen LogP contribution in [0.4, 0.5) is 5.69 Å². The van der Waals surface area contributed by atoms with E-state index in [-0.39, 0.29) is 17.0 Å². The van der Waals surface area contributed by atoms with Crippen molar-refractivity contribution in [2.24, 2.45) is 5.10 Å². The fraction of sp³-hybridized carbons (Fsp3) is 0.105. The van der Waals surface area contributed by atoms with Gasteiger partial charge in [0.25, 0.3) is 17.2 Å². The zero-order valence-corrected chi connectivity index (χ0v) is 15.4. The van der Waals surface area contributed by atoms with Gasteiger partial charge in [0.15, 0.2) is 6.61 Å². The summed E-state index contributed by atoms with van der Waals surface area (Å²) in [5.74, 6) is -0.394. The van der Waals surface area contributed by atoms with Gasteiger partial charge in [-0.05, 0) is 25.1 Å². The van der Waals surface area contributed by atoms with E-state index in [0.29, 0.717) is 16.9 Å². The van der Waals surface area contributed by atoms with Crippen molar-refractivity contribution < 1.29 is 14.5 Å². The van der Waals surface area contributed by atoms with Crippen molar-refractivity contribution in [2.75, 3.05) is 6.61 Å². The highest BCUT2D eigenvalue weighted by molar-refractivity contribution is 5.83.